The van der Waals surface area contributed by atoms with Crippen molar-refractivity contribution < 1.29 is 24.9 Å². The number of nitrogens with one attached hydrogen (secondary N) is 2. The Labute approximate surface area is 161 Å². The Bertz CT molecular complexity index is 1000. The number of aliphatic hydroxyl groups excluding tert-OH is 3. The summed E-state index contributed by atoms with van der Waals surface area (Å²) in [4.78, 5) is 25.5. The average Bonchev–Trinajstić information content (AvgIpc) is 3.01. The molecule has 2 aliphatic rings. The highest BCUT2D eigenvalue weighted by molar-refractivity contribution is 6.25. The van der Waals surface area contributed by atoms with Crippen molar-refractivity contribution in [2.45, 2.75) is 31.3 Å². The Morgan fingerprint density at radius 1 is 1.00 bits per heavy atom. The normalized spacial score (nSPS) is 27.1. The number of aliphatic hydroxyl groups is 3. The van der Waals surface area contributed by atoms with Gasteiger partial charge in [-0.15, -0.1) is 0 Å². The Morgan fingerprint density at radius 3 is 2.43 bits per heavy atom. The fourth-order valence-corrected chi connectivity index (χ4v) is 3.71. The SMILES string of the molecule is C[C@@H]1NC(=CNC(=O)c2cccc3c2C(=O)c2ccccc2-3)[C@@H](O)[C@H](O)[C@@H]1O. The lowest BCUT2D eigenvalue weighted by Gasteiger charge is -2.36. The molecular weight excluding hydrogens is 360 g/mol. The van der Waals surface area contributed by atoms with Gasteiger partial charge in [0.1, 0.15) is 18.3 Å². The van der Waals surface area contributed by atoms with Gasteiger partial charge < -0.3 is 26.0 Å². The summed E-state index contributed by atoms with van der Waals surface area (Å²) in [6, 6.07) is 11.8. The highest BCUT2D eigenvalue weighted by Gasteiger charge is 2.37. The number of hydrogen-bond acceptors (Lipinski definition) is 6. The van der Waals surface area contributed by atoms with E-state index in [0.717, 1.165) is 5.56 Å². The molecule has 1 saturated heterocycles. The van der Waals surface area contributed by atoms with Crippen LogP contribution < -0.4 is 10.6 Å². The topological polar surface area (TPSA) is 119 Å². The molecule has 4 atom stereocenters. The predicted molar refractivity (Wildman–Crippen MR) is 101 cm³/mol. The van der Waals surface area contributed by atoms with Gasteiger partial charge in [0.25, 0.3) is 5.91 Å². The van der Waals surface area contributed by atoms with E-state index in [1.54, 1.807) is 37.3 Å². The van der Waals surface area contributed by atoms with Gasteiger partial charge in [0.05, 0.1) is 17.3 Å². The van der Waals surface area contributed by atoms with Crippen LogP contribution in [-0.4, -0.2) is 51.4 Å². The highest BCUT2D eigenvalue weighted by Crippen LogP contribution is 2.38. The van der Waals surface area contributed by atoms with Crippen molar-refractivity contribution in [2.24, 2.45) is 0 Å². The molecule has 1 aliphatic heterocycles. The summed E-state index contributed by atoms with van der Waals surface area (Å²) in [5, 5.41) is 35.2. The van der Waals surface area contributed by atoms with Crippen LogP contribution in [0.15, 0.2) is 54.4 Å². The number of ketones is 1. The summed E-state index contributed by atoms with van der Waals surface area (Å²) in [5.74, 6) is -0.709. The summed E-state index contributed by atoms with van der Waals surface area (Å²) in [5.41, 5.74) is 2.83. The molecule has 0 saturated carbocycles. The molecule has 1 amide bonds. The Kier molecular flexibility index (Phi) is 4.50. The molecule has 5 N–H and O–H groups in total. The van der Waals surface area contributed by atoms with Crippen molar-refractivity contribution >= 4 is 11.7 Å². The van der Waals surface area contributed by atoms with Crippen molar-refractivity contribution in [3.05, 3.63) is 71.1 Å². The van der Waals surface area contributed by atoms with E-state index in [1.807, 2.05) is 12.1 Å². The first kappa shape index (κ1) is 18.4. The number of hydrogen-bond donors (Lipinski definition) is 5. The van der Waals surface area contributed by atoms with Crippen LogP contribution in [0.3, 0.4) is 0 Å². The van der Waals surface area contributed by atoms with Gasteiger partial charge in [0, 0.05) is 17.3 Å². The van der Waals surface area contributed by atoms with Gasteiger partial charge in [0.15, 0.2) is 5.78 Å². The number of benzene rings is 2. The summed E-state index contributed by atoms with van der Waals surface area (Å²) in [6.07, 6.45) is -2.60. The number of carbonyl (C=O) groups excluding carboxylic acids is 2. The summed E-state index contributed by atoms with van der Waals surface area (Å²) < 4.78 is 0. The van der Waals surface area contributed by atoms with Crippen molar-refractivity contribution in [1.82, 2.24) is 10.6 Å². The van der Waals surface area contributed by atoms with Crippen LogP contribution in [0.5, 0.6) is 0 Å². The Hall–Kier alpha value is -3.00. The van der Waals surface area contributed by atoms with E-state index < -0.39 is 30.3 Å². The van der Waals surface area contributed by atoms with Crippen LogP contribution in [0, 0.1) is 0 Å². The predicted octanol–water partition coefficient (Wildman–Crippen LogP) is 0.544. The first-order chi connectivity index (χ1) is 13.4. The molecule has 28 heavy (non-hydrogen) atoms. The third-order valence-corrected chi connectivity index (χ3v) is 5.26. The quantitative estimate of drug-likeness (QED) is 0.443. The molecule has 0 unspecified atom stereocenters. The molecule has 1 heterocycles. The van der Waals surface area contributed by atoms with E-state index in [4.69, 9.17) is 0 Å². The zero-order valence-electron chi connectivity index (χ0n) is 15.1. The summed E-state index contributed by atoms with van der Waals surface area (Å²) in [7, 11) is 0. The molecule has 2 aromatic rings. The van der Waals surface area contributed by atoms with E-state index in [2.05, 4.69) is 10.6 Å². The minimum absolute atomic E-state index is 0.181. The second-order valence-corrected chi connectivity index (χ2v) is 7.04. The van der Waals surface area contributed by atoms with Gasteiger partial charge in [-0.05, 0) is 24.1 Å². The number of carbonyl (C=O) groups is 2. The summed E-state index contributed by atoms with van der Waals surface area (Å²) >= 11 is 0. The van der Waals surface area contributed by atoms with E-state index in [-0.39, 0.29) is 17.0 Å². The largest absolute Gasteiger partial charge is 0.388 e. The van der Waals surface area contributed by atoms with E-state index in [1.165, 1.54) is 6.20 Å². The standard InChI is InChI=1S/C21H20N2O5/c1-10-17(24)20(27)19(26)15(23-10)9-22-21(28)14-8-4-7-12-11-5-2-3-6-13(11)18(25)16(12)14/h2-10,17,19-20,23-24,26-27H,1H3,(H,22,28)/t10-,17+,19+,20+/m0/s1. The molecule has 0 spiro atoms. The van der Waals surface area contributed by atoms with Gasteiger partial charge in [-0.3, -0.25) is 9.59 Å². The van der Waals surface area contributed by atoms with Crippen LogP contribution >= 0.6 is 0 Å². The van der Waals surface area contributed by atoms with Crippen LogP contribution in [0.2, 0.25) is 0 Å². The fourth-order valence-electron chi connectivity index (χ4n) is 3.71. The molecule has 144 valence electrons. The lowest BCUT2D eigenvalue weighted by Crippen LogP contribution is -2.57. The molecule has 1 fully saturated rings. The van der Waals surface area contributed by atoms with Gasteiger partial charge >= 0.3 is 0 Å². The van der Waals surface area contributed by atoms with Crippen molar-refractivity contribution in [2.75, 3.05) is 0 Å². The second kappa shape index (κ2) is 6.87. The molecule has 7 heteroatoms. The maximum Gasteiger partial charge on any atom is 0.256 e. The third kappa shape index (κ3) is 2.80. The van der Waals surface area contributed by atoms with Crippen molar-refractivity contribution in [3.63, 3.8) is 0 Å². The number of fused-ring (bicyclic) bond motifs is 3. The van der Waals surface area contributed by atoms with Crippen molar-refractivity contribution in [3.8, 4) is 11.1 Å². The van der Waals surface area contributed by atoms with Gasteiger partial charge in [-0.2, -0.15) is 0 Å². The average molecular weight is 380 g/mol. The maximum atomic E-state index is 12.8. The molecule has 7 nitrogen and oxygen atoms in total. The molecule has 0 radical (unpaired) electrons. The second-order valence-electron chi connectivity index (χ2n) is 7.04. The maximum absolute atomic E-state index is 12.8. The molecule has 2 aromatic carbocycles. The van der Waals surface area contributed by atoms with E-state index >= 15 is 0 Å². The number of amides is 1. The Balaban J connectivity index is 1.62. The summed E-state index contributed by atoms with van der Waals surface area (Å²) in [6.45, 7) is 1.65. The van der Waals surface area contributed by atoms with E-state index in [9.17, 15) is 24.9 Å². The number of rotatable bonds is 2. The van der Waals surface area contributed by atoms with Gasteiger partial charge in [0.2, 0.25) is 0 Å². The van der Waals surface area contributed by atoms with Gasteiger partial charge in [-0.1, -0.05) is 36.4 Å². The number of piperidine rings is 1. The highest BCUT2D eigenvalue weighted by atomic mass is 16.4. The third-order valence-electron chi connectivity index (χ3n) is 5.26. The minimum Gasteiger partial charge on any atom is -0.388 e. The minimum atomic E-state index is -1.36. The lowest BCUT2D eigenvalue weighted by atomic mass is 9.95. The fraction of sp³-hybridized carbons (Fsp3) is 0.238. The zero-order chi connectivity index (χ0) is 20.0. The zero-order valence-corrected chi connectivity index (χ0v) is 15.1. The van der Waals surface area contributed by atoms with E-state index in [0.29, 0.717) is 16.7 Å². The monoisotopic (exact) mass is 380 g/mol. The first-order valence-corrected chi connectivity index (χ1v) is 8.99. The molecule has 4 rings (SSSR count). The van der Waals surface area contributed by atoms with Crippen LogP contribution in [-0.2, 0) is 0 Å². The van der Waals surface area contributed by atoms with Crippen LogP contribution in [0.25, 0.3) is 11.1 Å². The lowest BCUT2D eigenvalue weighted by molar-refractivity contribution is -0.0759. The molecule has 1 aliphatic carbocycles. The first-order valence-electron chi connectivity index (χ1n) is 8.99. The van der Waals surface area contributed by atoms with Crippen LogP contribution in [0.1, 0.15) is 33.2 Å². The molecule has 0 aromatic heterocycles. The van der Waals surface area contributed by atoms with Crippen LogP contribution in [0.4, 0.5) is 0 Å². The van der Waals surface area contributed by atoms with Gasteiger partial charge in [-0.25, -0.2) is 0 Å². The smallest absolute Gasteiger partial charge is 0.256 e. The molecule has 0 bridgehead atoms. The Morgan fingerprint density at radius 2 is 1.68 bits per heavy atom. The van der Waals surface area contributed by atoms with Crippen molar-refractivity contribution in [1.29, 1.82) is 0 Å². The molecular formula is C21H20N2O5.